The number of rotatable bonds is 6. The molecule has 3 heteroatoms. The monoisotopic (exact) mass is 268 g/mol. The van der Waals surface area contributed by atoms with Crippen LogP contribution >= 0.6 is 0 Å². The molecule has 2 aliphatic rings. The van der Waals surface area contributed by atoms with E-state index in [2.05, 4.69) is 17.1 Å². The zero-order chi connectivity index (χ0) is 13.5. The number of hydrogen-bond donors (Lipinski definition) is 1. The van der Waals surface area contributed by atoms with Gasteiger partial charge in [-0.1, -0.05) is 19.8 Å². The van der Waals surface area contributed by atoms with Crippen molar-refractivity contribution in [1.82, 2.24) is 10.2 Å². The molecule has 3 atom stereocenters. The number of nitrogens with one attached hydrogen (secondary N) is 1. The Bertz CT molecular complexity index is 245. The second-order valence-corrected chi connectivity index (χ2v) is 6.37. The van der Waals surface area contributed by atoms with Gasteiger partial charge in [-0.2, -0.15) is 0 Å². The molecular weight excluding hydrogens is 236 g/mol. The Morgan fingerprint density at radius 2 is 2.00 bits per heavy atom. The zero-order valence-corrected chi connectivity index (χ0v) is 12.9. The average Bonchev–Trinajstić information content (AvgIpc) is 2.46. The van der Waals surface area contributed by atoms with Crippen LogP contribution in [0.1, 0.15) is 51.9 Å². The lowest BCUT2D eigenvalue weighted by Crippen LogP contribution is -2.54. The second kappa shape index (κ2) is 8.23. The molecule has 1 N–H and O–H groups in total. The topological polar surface area (TPSA) is 24.5 Å². The van der Waals surface area contributed by atoms with Crippen molar-refractivity contribution < 1.29 is 4.74 Å². The van der Waals surface area contributed by atoms with Gasteiger partial charge in [0.1, 0.15) is 0 Å². The molecule has 0 amide bonds. The van der Waals surface area contributed by atoms with Gasteiger partial charge in [-0.25, -0.2) is 0 Å². The summed E-state index contributed by atoms with van der Waals surface area (Å²) in [6.45, 7) is 6.94. The third-order valence-corrected chi connectivity index (χ3v) is 4.81. The average molecular weight is 268 g/mol. The minimum atomic E-state index is 0.731. The quantitative estimate of drug-likeness (QED) is 0.801. The zero-order valence-electron chi connectivity index (χ0n) is 12.9. The fourth-order valence-corrected chi connectivity index (χ4v) is 3.89. The summed E-state index contributed by atoms with van der Waals surface area (Å²) in [4.78, 5) is 2.76. The summed E-state index contributed by atoms with van der Waals surface area (Å²) < 4.78 is 5.37. The van der Waals surface area contributed by atoms with E-state index in [1.807, 2.05) is 7.11 Å². The van der Waals surface area contributed by atoms with Crippen molar-refractivity contribution in [3.63, 3.8) is 0 Å². The SMILES string of the molecule is CCCNC1CCCCC1N1CCCC(COC)C1. The van der Waals surface area contributed by atoms with Gasteiger partial charge in [0.15, 0.2) is 0 Å². The molecule has 0 spiro atoms. The standard InChI is InChI=1S/C16H32N2O/c1-3-10-17-15-8-4-5-9-16(15)18-11-6-7-14(12-18)13-19-2/h14-17H,3-13H2,1-2H3. The summed E-state index contributed by atoms with van der Waals surface area (Å²) >= 11 is 0. The van der Waals surface area contributed by atoms with Crippen molar-refractivity contribution in [1.29, 1.82) is 0 Å². The molecule has 0 aromatic rings. The first-order valence-corrected chi connectivity index (χ1v) is 8.31. The Labute approximate surface area is 119 Å². The smallest absolute Gasteiger partial charge is 0.0502 e. The van der Waals surface area contributed by atoms with Gasteiger partial charge in [-0.05, 0) is 51.1 Å². The van der Waals surface area contributed by atoms with Crippen LogP contribution in [0, 0.1) is 5.92 Å². The third kappa shape index (κ3) is 4.44. The number of hydrogen-bond acceptors (Lipinski definition) is 3. The van der Waals surface area contributed by atoms with Gasteiger partial charge in [-0.15, -0.1) is 0 Å². The lowest BCUT2D eigenvalue weighted by Gasteiger charge is -2.44. The van der Waals surface area contributed by atoms with Crippen molar-refractivity contribution in [3.8, 4) is 0 Å². The highest BCUT2D eigenvalue weighted by Crippen LogP contribution is 2.27. The van der Waals surface area contributed by atoms with E-state index in [0.717, 1.165) is 24.6 Å². The van der Waals surface area contributed by atoms with Crippen LogP contribution in [0.3, 0.4) is 0 Å². The molecule has 1 saturated carbocycles. The van der Waals surface area contributed by atoms with E-state index in [1.165, 1.54) is 64.6 Å². The summed E-state index contributed by atoms with van der Waals surface area (Å²) in [6.07, 6.45) is 9.54. The molecule has 0 radical (unpaired) electrons. The van der Waals surface area contributed by atoms with Crippen molar-refractivity contribution in [3.05, 3.63) is 0 Å². The molecule has 0 aromatic heterocycles. The molecule has 0 bridgehead atoms. The highest BCUT2D eigenvalue weighted by Gasteiger charge is 2.32. The first kappa shape index (κ1) is 15.3. The van der Waals surface area contributed by atoms with Crippen LogP contribution in [0.5, 0.6) is 0 Å². The Morgan fingerprint density at radius 1 is 1.16 bits per heavy atom. The van der Waals surface area contributed by atoms with Crippen molar-refractivity contribution >= 4 is 0 Å². The summed E-state index contributed by atoms with van der Waals surface area (Å²) in [5.41, 5.74) is 0. The van der Waals surface area contributed by atoms with Gasteiger partial charge >= 0.3 is 0 Å². The lowest BCUT2D eigenvalue weighted by molar-refractivity contribution is 0.0442. The number of piperidine rings is 1. The lowest BCUT2D eigenvalue weighted by atomic mass is 9.86. The highest BCUT2D eigenvalue weighted by atomic mass is 16.5. The molecule has 1 heterocycles. The van der Waals surface area contributed by atoms with E-state index in [1.54, 1.807) is 0 Å². The molecule has 19 heavy (non-hydrogen) atoms. The number of nitrogens with zero attached hydrogens (tertiary/aromatic N) is 1. The predicted octanol–water partition coefficient (Wildman–Crippen LogP) is 2.66. The normalized spacial score (nSPS) is 33.5. The maximum atomic E-state index is 5.37. The fourth-order valence-electron chi connectivity index (χ4n) is 3.89. The number of ether oxygens (including phenoxy) is 1. The minimum Gasteiger partial charge on any atom is -0.384 e. The summed E-state index contributed by atoms with van der Waals surface area (Å²) in [5.74, 6) is 0.757. The minimum absolute atomic E-state index is 0.731. The van der Waals surface area contributed by atoms with E-state index in [-0.39, 0.29) is 0 Å². The fraction of sp³-hybridized carbons (Fsp3) is 1.00. The summed E-state index contributed by atoms with van der Waals surface area (Å²) in [7, 11) is 1.84. The summed E-state index contributed by atoms with van der Waals surface area (Å²) in [6, 6.07) is 1.51. The Balaban J connectivity index is 1.88. The Hall–Kier alpha value is -0.120. The van der Waals surface area contributed by atoms with E-state index in [4.69, 9.17) is 4.74 Å². The van der Waals surface area contributed by atoms with E-state index >= 15 is 0 Å². The van der Waals surface area contributed by atoms with Gasteiger partial charge in [0, 0.05) is 25.7 Å². The molecule has 1 aliphatic heterocycles. The highest BCUT2D eigenvalue weighted by molar-refractivity contribution is 4.90. The van der Waals surface area contributed by atoms with Gasteiger partial charge < -0.3 is 10.1 Å². The van der Waals surface area contributed by atoms with Crippen LogP contribution in [0.15, 0.2) is 0 Å². The third-order valence-electron chi connectivity index (χ3n) is 4.81. The van der Waals surface area contributed by atoms with Gasteiger partial charge in [-0.3, -0.25) is 4.90 Å². The van der Waals surface area contributed by atoms with Gasteiger partial charge in [0.2, 0.25) is 0 Å². The van der Waals surface area contributed by atoms with Crippen LogP contribution in [-0.4, -0.2) is 50.3 Å². The molecule has 112 valence electrons. The van der Waals surface area contributed by atoms with E-state index in [0.29, 0.717) is 0 Å². The van der Waals surface area contributed by atoms with Gasteiger partial charge in [0.25, 0.3) is 0 Å². The van der Waals surface area contributed by atoms with Crippen molar-refractivity contribution in [2.75, 3.05) is 33.4 Å². The number of methoxy groups -OCH3 is 1. The van der Waals surface area contributed by atoms with E-state index in [9.17, 15) is 0 Å². The second-order valence-electron chi connectivity index (χ2n) is 6.37. The summed E-state index contributed by atoms with van der Waals surface area (Å²) in [5, 5.41) is 3.79. The van der Waals surface area contributed by atoms with E-state index < -0.39 is 0 Å². The van der Waals surface area contributed by atoms with Crippen LogP contribution in [0.25, 0.3) is 0 Å². The molecule has 3 nitrogen and oxygen atoms in total. The first-order chi connectivity index (χ1) is 9.35. The maximum Gasteiger partial charge on any atom is 0.0502 e. The molecule has 3 unspecified atom stereocenters. The van der Waals surface area contributed by atoms with Crippen molar-refractivity contribution in [2.45, 2.75) is 64.0 Å². The molecule has 2 rings (SSSR count). The Morgan fingerprint density at radius 3 is 2.79 bits per heavy atom. The van der Waals surface area contributed by atoms with Crippen LogP contribution in [0.4, 0.5) is 0 Å². The molecular formula is C16H32N2O. The Kier molecular flexibility index (Phi) is 6.62. The molecule has 1 aliphatic carbocycles. The van der Waals surface area contributed by atoms with Crippen LogP contribution < -0.4 is 5.32 Å². The first-order valence-electron chi connectivity index (χ1n) is 8.31. The molecule has 2 fully saturated rings. The predicted molar refractivity (Wildman–Crippen MR) is 80.5 cm³/mol. The largest absolute Gasteiger partial charge is 0.384 e. The number of likely N-dealkylation sites (tertiary alicyclic amines) is 1. The van der Waals surface area contributed by atoms with Crippen LogP contribution in [0.2, 0.25) is 0 Å². The molecule has 1 saturated heterocycles. The molecule has 0 aromatic carbocycles. The van der Waals surface area contributed by atoms with Crippen LogP contribution in [-0.2, 0) is 4.74 Å². The van der Waals surface area contributed by atoms with Crippen molar-refractivity contribution in [2.24, 2.45) is 5.92 Å². The van der Waals surface area contributed by atoms with Gasteiger partial charge in [0.05, 0.1) is 6.61 Å². The maximum absolute atomic E-state index is 5.37.